The van der Waals surface area contributed by atoms with Crippen LogP contribution in [0.5, 0.6) is 0 Å². The Morgan fingerprint density at radius 2 is 1.81 bits per heavy atom. The van der Waals surface area contributed by atoms with Crippen LogP contribution >= 0.6 is 0 Å². The first kappa shape index (κ1) is 23.4. The van der Waals surface area contributed by atoms with Crippen molar-refractivity contribution >= 4 is 22.8 Å². The van der Waals surface area contributed by atoms with Gasteiger partial charge in [-0.1, -0.05) is 54.6 Å². The number of rotatable bonds is 10. The van der Waals surface area contributed by atoms with Crippen molar-refractivity contribution in [3.05, 3.63) is 60.2 Å². The number of hydrogen-bond donors (Lipinski definition) is 1. The van der Waals surface area contributed by atoms with Crippen molar-refractivity contribution in [1.82, 2.24) is 25.2 Å². The zero-order chi connectivity index (χ0) is 23.1. The molecule has 0 aliphatic heterocycles. The summed E-state index contributed by atoms with van der Waals surface area (Å²) in [5.41, 5.74) is 1.82. The van der Waals surface area contributed by atoms with Crippen LogP contribution in [0.15, 0.2) is 54.6 Å². The van der Waals surface area contributed by atoms with E-state index in [1.807, 2.05) is 75.4 Å². The highest BCUT2D eigenvalue weighted by Crippen LogP contribution is 2.24. The second-order valence-corrected chi connectivity index (χ2v) is 8.36. The first-order valence-electron chi connectivity index (χ1n) is 10.8. The number of carbonyl (C=O) groups is 2. The molecule has 0 saturated carbocycles. The van der Waals surface area contributed by atoms with E-state index in [0.29, 0.717) is 12.1 Å². The number of benzene rings is 2. The first-order chi connectivity index (χ1) is 15.4. The van der Waals surface area contributed by atoms with Crippen molar-refractivity contribution in [3.8, 4) is 0 Å². The lowest BCUT2D eigenvalue weighted by atomic mass is 9.98. The fourth-order valence-electron chi connectivity index (χ4n) is 3.44. The van der Waals surface area contributed by atoms with E-state index in [1.165, 1.54) is 0 Å². The van der Waals surface area contributed by atoms with Gasteiger partial charge in [-0.05, 0) is 38.0 Å². The highest BCUT2D eigenvalue weighted by Gasteiger charge is 2.33. The number of para-hydroxylation sites is 1. The van der Waals surface area contributed by atoms with E-state index in [2.05, 4.69) is 15.6 Å². The Balaban J connectivity index is 1.95. The molecule has 170 valence electrons. The summed E-state index contributed by atoms with van der Waals surface area (Å²) in [6.07, 6.45) is 0.761. The monoisotopic (exact) mass is 437 g/mol. The molecule has 3 aromatic rings. The number of carbonyl (C=O) groups excluding carboxylic acids is 2. The Kier molecular flexibility index (Phi) is 7.58. The summed E-state index contributed by atoms with van der Waals surface area (Å²) in [4.78, 5) is 28.5. The average molecular weight is 438 g/mol. The highest BCUT2D eigenvalue weighted by atomic mass is 16.5. The van der Waals surface area contributed by atoms with Gasteiger partial charge in [0, 0.05) is 19.2 Å². The molecule has 0 aliphatic carbocycles. The topological polar surface area (TPSA) is 89.4 Å². The molecule has 0 radical (unpaired) electrons. The normalized spacial score (nSPS) is 12.5. The minimum atomic E-state index is -0.792. The molecule has 8 heteroatoms. The van der Waals surface area contributed by atoms with Gasteiger partial charge in [-0.2, -0.15) is 0 Å². The van der Waals surface area contributed by atoms with Gasteiger partial charge < -0.3 is 15.0 Å². The maximum absolute atomic E-state index is 13.5. The quantitative estimate of drug-likeness (QED) is 0.527. The number of aromatic nitrogens is 3. The molecule has 0 saturated heterocycles. The van der Waals surface area contributed by atoms with Crippen LogP contribution in [0.25, 0.3) is 11.0 Å². The first-order valence-corrected chi connectivity index (χ1v) is 10.8. The van der Waals surface area contributed by atoms with Crippen LogP contribution in [-0.2, 0) is 20.9 Å². The summed E-state index contributed by atoms with van der Waals surface area (Å²) in [7, 11) is 1.57. The highest BCUT2D eigenvalue weighted by molar-refractivity contribution is 5.89. The average Bonchev–Trinajstić information content (AvgIpc) is 3.19. The number of methoxy groups -OCH3 is 1. The standard InChI is InChI=1S/C24H31N5O3/c1-5-24(2,3)25-23(31)22(18-11-7-6-8-12-18)28(15-16-32-4)21(30)17-29-20-14-10-9-13-19(20)26-27-29/h6-14,22H,5,15-17H2,1-4H3,(H,25,31). The maximum atomic E-state index is 13.5. The van der Waals surface area contributed by atoms with E-state index in [1.54, 1.807) is 16.7 Å². The number of amides is 2. The third kappa shape index (κ3) is 5.50. The zero-order valence-electron chi connectivity index (χ0n) is 19.1. The van der Waals surface area contributed by atoms with Gasteiger partial charge in [0.1, 0.15) is 18.1 Å². The van der Waals surface area contributed by atoms with E-state index in [9.17, 15) is 9.59 Å². The number of nitrogens with zero attached hydrogens (tertiary/aromatic N) is 4. The van der Waals surface area contributed by atoms with Crippen LogP contribution in [0, 0.1) is 0 Å². The second-order valence-electron chi connectivity index (χ2n) is 8.36. The van der Waals surface area contributed by atoms with Crippen molar-refractivity contribution < 1.29 is 14.3 Å². The molecule has 32 heavy (non-hydrogen) atoms. The van der Waals surface area contributed by atoms with Crippen LogP contribution in [0.2, 0.25) is 0 Å². The van der Waals surface area contributed by atoms with Crippen LogP contribution in [0.3, 0.4) is 0 Å². The molecular weight excluding hydrogens is 406 g/mol. The number of ether oxygens (including phenoxy) is 1. The molecule has 0 aliphatic rings. The van der Waals surface area contributed by atoms with Crippen molar-refractivity contribution in [3.63, 3.8) is 0 Å². The lowest BCUT2D eigenvalue weighted by molar-refractivity contribution is -0.142. The fourth-order valence-corrected chi connectivity index (χ4v) is 3.44. The Morgan fingerprint density at radius 3 is 2.50 bits per heavy atom. The molecule has 3 rings (SSSR count). The van der Waals surface area contributed by atoms with E-state index in [4.69, 9.17) is 4.74 Å². The van der Waals surface area contributed by atoms with Crippen molar-refractivity contribution in [2.45, 2.75) is 45.3 Å². The molecule has 1 atom stereocenters. The molecule has 0 bridgehead atoms. The Hall–Kier alpha value is -3.26. The van der Waals surface area contributed by atoms with E-state index in [0.717, 1.165) is 17.5 Å². The third-order valence-electron chi connectivity index (χ3n) is 5.58. The summed E-state index contributed by atoms with van der Waals surface area (Å²) in [6.45, 7) is 6.49. The maximum Gasteiger partial charge on any atom is 0.247 e. The van der Waals surface area contributed by atoms with Crippen LogP contribution in [0.1, 0.15) is 38.8 Å². The molecular formula is C24H31N5O3. The number of fused-ring (bicyclic) bond motifs is 1. The van der Waals surface area contributed by atoms with Gasteiger partial charge in [0.25, 0.3) is 0 Å². The summed E-state index contributed by atoms with van der Waals surface area (Å²) in [6, 6.07) is 16.0. The number of hydrogen-bond acceptors (Lipinski definition) is 5. The van der Waals surface area contributed by atoms with Crippen molar-refractivity contribution in [1.29, 1.82) is 0 Å². The van der Waals surface area contributed by atoms with Crippen LogP contribution in [-0.4, -0.2) is 57.5 Å². The molecule has 2 amide bonds. The van der Waals surface area contributed by atoms with Crippen LogP contribution in [0.4, 0.5) is 0 Å². The van der Waals surface area contributed by atoms with Crippen LogP contribution < -0.4 is 5.32 Å². The van der Waals surface area contributed by atoms with Gasteiger partial charge in [0.05, 0.1) is 12.1 Å². The van der Waals surface area contributed by atoms with Gasteiger partial charge in [0.2, 0.25) is 11.8 Å². The van der Waals surface area contributed by atoms with Gasteiger partial charge >= 0.3 is 0 Å². The molecule has 1 heterocycles. The lowest BCUT2D eigenvalue weighted by Gasteiger charge is -2.34. The summed E-state index contributed by atoms with van der Waals surface area (Å²) in [5, 5.41) is 11.4. The minimum absolute atomic E-state index is 0.0298. The van der Waals surface area contributed by atoms with Gasteiger partial charge in [-0.3, -0.25) is 9.59 Å². The second kappa shape index (κ2) is 10.4. The lowest BCUT2D eigenvalue weighted by Crippen LogP contribution is -2.51. The zero-order valence-corrected chi connectivity index (χ0v) is 19.1. The summed E-state index contributed by atoms with van der Waals surface area (Å²) in [5.74, 6) is -0.466. The Bertz CT molecular complexity index is 1050. The molecule has 0 fully saturated rings. The van der Waals surface area contributed by atoms with E-state index < -0.39 is 11.6 Å². The fraction of sp³-hybridized carbons (Fsp3) is 0.417. The van der Waals surface area contributed by atoms with Gasteiger partial charge in [-0.25, -0.2) is 4.68 Å². The van der Waals surface area contributed by atoms with E-state index >= 15 is 0 Å². The predicted octanol–water partition coefficient (Wildman–Crippen LogP) is 2.95. The molecule has 0 spiro atoms. The molecule has 1 unspecified atom stereocenters. The molecule has 1 aromatic heterocycles. The SMILES string of the molecule is CCC(C)(C)NC(=O)C(c1ccccc1)N(CCOC)C(=O)Cn1nnc2ccccc21. The van der Waals surface area contributed by atoms with E-state index in [-0.39, 0.29) is 24.9 Å². The van der Waals surface area contributed by atoms with Gasteiger partial charge in [-0.15, -0.1) is 5.10 Å². The molecule has 2 aromatic carbocycles. The minimum Gasteiger partial charge on any atom is -0.383 e. The molecule has 8 nitrogen and oxygen atoms in total. The Morgan fingerprint density at radius 1 is 1.12 bits per heavy atom. The predicted molar refractivity (Wildman–Crippen MR) is 123 cm³/mol. The summed E-state index contributed by atoms with van der Waals surface area (Å²) < 4.78 is 6.82. The molecule has 1 N–H and O–H groups in total. The van der Waals surface area contributed by atoms with Gasteiger partial charge in [0.15, 0.2) is 0 Å². The summed E-state index contributed by atoms with van der Waals surface area (Å²) >= 11 is 0. The Labute approximate surface area is 188 Å². The van der Waals surface area contributed by atoms with Crippen molar-refractivity contribution in [2.24, 2.45) is 0 Å². The number of nitrogens with one attached hydrogen (secondary N) is 1. The van der Waals surface area contributed by atoms with Crippen molar-refractivity contribution in [2.75, 3.05) is 20.3 Å². The third-order valence-corrected chi connectivity index (χ3v) is 5.58. The smallest absolute Gasteiger partial charge is 0.247 e. The largest absolute Gasteiger partial charge is 0.383 e.